The van der Waals surface area contributed by atoms with Gasteiger partial charge in [-0.3, -0.25) is 14.4 Å². The summed E-state index contributed by atoms with van der Waals surface area (Å²) in [6.07, 6.45) is 3.48. The van der Waals surface area contributed by atoms with Crippen LogP contribution in [0.3, 0.4) is 0 Å². The number of hydrogen-bond donors (Lipinski definition) is 0. The molecular weight excluding hydrogens is 428 g/mol. The first-order valence-corrected chi connectivity index (χ1v) is 10.8. The molecule has 0 radical (unpaired) electrons. The highest BCUT2D eigenvalue weighted by Gasteiger charge is 2.19. The summed E-state index contributed by atoms with van der Waals surface area (Å²) >= 11 is 1.31. The lowest BCUT2D eigenvalue weighted by molar-refractivity contribution is -0.115. The average Bonchev–Trinajstić information content (AvgIpc) is 3.52. The minimum absolute atomic E-state index is 0.0246. The van der Waals surface area contributed by atoms with Gasteiger partial charge in [0.15, 0.2) is 5.13 Å². The fraction of sp³-hybridized carbons (Fsp3) is 0.217. The topological polar surface area (TPSA) is 90.5 Å². The van der Waals surface area contributed by atoms with E-state index in [9.17, 15) is 9.59 Å². The van der Waals surface area contributed by atoms with Gasteiger partial charge in [0, 0.05) is 24.7 Å². The fourth-order valence-corrected chi connectivity index (χ4v) is 3.97. The van der Waals surface area contributed by atoms with Crippen molar-refractivity contribution in [3.05, 3.63) is 82.5 Å². The van der Waals surface area contributed by atoms with Crippen molar-refractivity contribution in [3.63, 3.8) is 0 Å². The highest BCUT2D eigenvalue weighted by Crippen LogP contribution is 2.30. The van der Waals surface area contributed by atoms with Gasteiger partial charge in [-0.15, -0.1) is 11.3 Å². The number of aryl methyl sites for hydroxylation is 2. The Bertz CT molecular complexity index is 1240. The van der Waals surface area contributed by atoms with Crippen LogP contribution in [0, 0.1) is 13.8 Å². The van der Waals surface area contributed by atoms with Gasteiger partial charge >= 0.3 is 5.97 Å². The highest BCUT2D eigenvalue weighted by atomic mass is 32.1. The van der Waals surface area contributed by atoms with Crippen LogP contribution in [0.25, 0.3) is 0 Å². The zero-order valence-corrected chi connectivity index (χ0v) is 18.8. The van der Waals surface area contributed by atoms with E-state index in [0.717, 1.165) is 16.8 Å². The van der Waals surface area contributed by atoms with E-state index in [1.807, 2.05) is 44.3 Å². The lowest BCUT2D eigenvalue weighted by Crippen LogP contribution is -2.22. The van der Waals surface area contributed by atoms with E-state index in [-0.39, 0.29) is 18.3 Å². The SMILES string of the molecule is CC(=O)N(c1ccc(C)c(C)c1)c1nc(COC(=O)c2ccc(Cn3cccn3)o2)cs1. The van der Waals surface area contributed by atoms with Gasteiger partial charge in [0.1, 0.15) is 12.4 Å². The molecule has 9 heteroatoms. The number of benzene rings is 1. The molecule has 32 heavy (non-hydrogen) atoms. The molecule has 8 nitrogen and oxygen atoms in total. The standard InChI is InChI=1S/C23H22N4O4S/c1-15-5-6-19(11-16(15)2)27(17(3)28)23-25-18(14-32-23)13-30-22(29)21-8-7-20(31-21)12-26-10-4-9-24-26/h4-11,14H,12-13H2,1-3H3. The Morgan fingerprint density at radius 2 is 2.03 bits per heavy atom. The highest BCUT2D eigenvalue weighted by molar-refractivity contribution is 7.14. The number of nitrogens with zero attached hydrogens (tertiary/aromatic N) is 4. The first kappa shape index (κ1) is 21.5. The molecule has 4 rings (SSSR count). The fourth-order valence-electron chi connectivity index (χ4n) is 3.09. The third kappa shape index (κ3) is 4.78. The van der Waals surface area contributed by atoms with Gasteiger partial charge in [-0.05, 0) is 55.3 Å². The molecule has 1 aromatic carbocycles. The van der Waals surface area contributed by atoms with Gasteiger partial charge in [-0.1, -0.05) is 6.07 Å². The van der Waals surface area contributed by atoms with E-state index in [1.165, 1.54) is 18.3 Å². The summed E-state index contributed by atoms with van der Waals surface area (Å²) in [4.78, 5) is 30.7. The van der Waals surface area contributed by atoms with Gasteiger partial charge in [0.05, 0.1) is 17.9 Å². The number of amides is 1. The molecule has 0 fully saturated rings. The van der Waals surface area contributed by atoms with E-state index in [4.69, 9.17) is 9.15 Å². The monoisotopic (exact) mass is 450 g/mol. The lowest BCUT2D eigenvalue weighted by atomic mass is 10.1. The zero-order chi connectivity index (χ0) is 22.7. The second-order valence-corrected chi connectivity index (χ2v) is 8.13. The molecule has 3 heterocycles. The van der Waals surface area contributed by atoms with E-state index < -0.39 is 5.97 Å². The molecule has 0 spiro atoms. The predicted molar refractivity (Wildman–Crippen MR) is 120 cm³/mol. The lowest BCUT2D eigenvalue weighted by Gasteiger charge is -2.19. The van der Waals surface area contributed by atoms with Crippen LogP contribution in [-0.2, 0) is 22.7 Å². The Kier molecular flexibility index (Phi) is 6.18. The molecule has 0 saturated heterocycles. The van der Waals surface area contributed by atoms with Gasteiger partial charge in [-0.2, -0.15) is 5.10 Å². The number of ether oxygens (including phenoxy) is 1. The second kappa shape index (κ2) is 9.19. The molecule has 0 N–H and O–H groups in total. The summed E-state index contributed by atoms with van der Waals surface area (Å²) in [6.45, 7) is 5.91. The number of furan rings is 1. The number of esters is 1. The van der Waals surface area contributed by atoms with Crippen LogP contribution in [-0.4, -0.2) is 26.6 Å². The summed E-state index contributed by atoms with van der Waals surface area (Å²) < 4.78 is 12.6. The number of carbonyl (C=O) groups is 2. The Labute approximate surface area is 189 Å². The Morgan fingerprint density at radius 1 is 1.19 bits per heavy atom. The minimum Gasteiger partial charge on any atom is -0.453 e. The van der Waals surface area contributed by atoms with E-state index in [0.29, 0.717) is 23.1 Å². The van der Waals surface area contributed by atoms with Crippen molar-refractivity contribution < 1.29 is 18.7 Å². The van der Waals surface area contributed by atoms with Gasteiger partial charge in [-0.25, -0.2) is 9.78 Å². The van der Waals surface area contributed by atoms with Crippen molar-refractivity contribution in [2.45, 2.75) is 33.9 Å². The number of aromatic nitrogens is 3. The van der Waals surface area contributed by atoms with Crippen LogP contribution in [0.1, 0.15) is 40.1 Å². The van der Waals surface area contributed by atoms with Gasteiger partial charge < -0.3 is 9.15 Å². The Balaban J connectivity index is 1.41. The molecule has 0 aliphatic rings. The average molecular weight is 451 g/mol. The normalized spacial score (nSPS) is 10.8. The minimum atomic E-state index is -0.580. The van der Waals surface area contributed by atoms with Crippen molar-refractivity contribution in [3.8, 4) is 0 Å². The molecule has 3 aromatic heterocycles. The zero-order valence-electron chi connectivity index (χ0n) is 17.9. The summed E-state index contributed by atoms with van der Waals surface area (Å²) in [5, 5.41) is 6.40. The van der Waals surface area contributed by atoms with Crippen LogP contribution in [0.15, 0.2) is 58.6 Å². The number of hydrogen-bond acceptors (Lipinski definition) is 7. The van der Waals surface area contributed by atoms with Gasteiger partial charge in [0.2, 0.25) is 11.7 Å². The predicted octanol–water partition coefficient (Wildman–Crippen LogP) is 4.64. The smallest absolute Gasteiger partial charge is 0.374 e. The Hall–Kier alpha value is -3.72. The van der Waals surface area contributed by atoms with Crippen molar-refractivity contribution in [1.82, 2.24) is 14.8 Å². The number of anilines is 2. The van der Waals surface area contributed by atoms with Crippen molar-refractivity contribution >= 4 is 34.0 Å². The molecule has 0 bridgehead atoms. The van der Waals surface area contributed by atoms with E-state index in [1.54, 1.807) is 33.3 Å². The van der Waals surface area contributed by atoms with Crippen molar-refractivity contribution in [1.29, 1.82) is 0 Å². The first-order chi connectivity index (χ1) is 15.4. The molecule has 1 amide bonds. The third-order valence-electron chi connectivity index (χ3n) is 4.89. The molecule has 4 aromatic rings. The Morgan fingerprint density at radius 3 is 2.75 bits per heavy atom. The van der Waals surface area contributed by atoms with E-state index >= 15 is 0 Å². The largest absolute Gasteiger partial charge is 0.453 e. The number of rotatable bonds is 7. The summed E-state index contributed by atoms with van der Waals surface area (Å²) in [6, 6.07) is 10.9. The van der Waals surface area contributed by atoms with Crippen LogP contribution in [0.2, 0.25) is 0 Å². The molecule has 0 aliphatic carbocycles. The maximum absolute atomic E-state index is 12.3. The van der Waals surface area contributed by atoms with Crippen LogP contribution < -0.4 is 4.90 Å². The quantitative estimate of drug-likeness (QED) is 0.381. The molecule has 0 atom stereocenters. The maximum atomic E-state index is 12.3. The number of thiazole rings is 1. The molecule has 164 valence electrons. The maximum Gasteiger partial charge on any atom is 0.374 e. The summed E-state index contributed by atoms with van der Waals surface area (Å²) in [5.41, 5.74) is 3.54. The third-order valence-corrected chi connectivity index (χ3v) is 5.76. The molecule has 0 aliphatic heterocycles. The number of carbonyl (C=O) groups excluding carboxylic acids is 2. The first-order valence-electron chi connectivity index (χ1n) is 9.96. The molecule has 0 saturated carbocycles. The van der Waals surface area contributed by atoms with Crippen molar-refractivity contribution in [2.75, 3.05) is 4.90 Å². The van der Waals surface area contributed by atoms with Gasteiger partial charge in [0.25, 0.3) is 0 Å². The van der Waals surface area contributed by atoms with Crippen LogP contribution >= 0.6 is 11.3 Å². The van der Waals surface area contributed by atoms with E-state index in [2.05, 4.69) is 10.1 Å². The van der Waals surface area contributed by atoms with Crippen molar-refractivity contribution in [2.24, 2.45) is 0 Å². The molecular formula is C23H22N4O4S. The van der Waals surface area contributed by atoms with Crippen LogP contribution in [0.4, 0.5) is 10.8 Å². The second-order valence-electron chi connectivity index (χ2n) is 7.29. The molecule has 0 unspecified atom stereocenters. The van der Waals surface area contributed by atoms with Crippen LogP contribution in [0.5, 0.6) is 0 Å². The summed E-state index contributed by atoms with van der Waals surface area (Å²) in [7, 11) is 0. The summed E-state index contributed by atoms with van der Waals surface area (Å²) in [5.74, 6) is -0.0134.